The van der Waals surface area contributed by atoms with Crippen LogP contribution in [0.15, 0.2) is 47.4 Å². The number of nitrogens with one attached hydrogen (secondary N) is 2. The summed E-state index contributed by atoms with van der Waals surface area (Å²) in [6.07, 6.45) is 0. The summed E-state index contributed by atoms with van der Waals surface area (Å²) in [5, 5.41) is 2.76. The van der Waals surface area contributed by atoms with Crippen LogP contribution in [0.5, 0.6) is 0 Å². The van der Waals surface area contributed by atoms with Crippen LogP contribution >= 0.6 is 0 Å². The summed E-state index contributed by atoms with van der Waals surface area (Å²) in [6, 6.07) is 12.4. The van der Waals surface area contributed by atoms with E-state index in [1.807, 2.05) is 38.1 Å². The highest BCUT2D eigenvalue weighted by atomic mass is 32.2. The fourth-order valence-corrected chi connectivity index (χ4v) is 3.88. The minimum atomic E-state index is -3.72. The first-order valence-corrected chi connectivity index (χ1v) is 10.5. The lowest BCUT2D eigenvalue weighted by Gasteiger charge is -2.22. The van der Waals surface area contributed by atoms with Crippen molar-refractivity contribution in [3.8, 4) is 0 Å². The van der Waals surface area contributed by atoms with Crippen molar-refractivity contribution in [2.24, 2.45) is 0 Å². The Balaban J connectivity index is 2.01. The lowest BCUT2D eigenvalue weighted by atomic mass is 10.1. The predicted octanol–water partition coefficient (Wildman–Crippen LogP) is 3.07. The Kier molecular flexibility index (Phi) is 6.98. The molecule has 0 aliphatic heterocycles. The number of nitrogens with zero attached hydrogens (tertiary/aromatic N) is 1. The lowest BCUT2D eigenvalue weighted by Crippen LogP contribution is -2.33. The van der Waals surface area contributed by atoms with Gasteiger partial charge in [-0.25, -0.2) is 13.1 Å². The van der Waals surface area contributed by atoms with Gasteiger partial charge in [0.1, 0.15) is 0 Å². The molecule has 0 radical (unpaired) electrons. The summed E-state index contributed by atoms with van der Waals surface area (Å²) < 4.78 is 26.9. The van der Waals surface area contributed by atoms with Crippen molar-refractivity contribution in [2.45, 2.75) is 32.6 Å². The molecule has 1 amide bonds. The van der Waals surface area contributed by atoms with E-state index in [-0.39, 0.29) is 11.4 Å². The van der Waals surface area contributed by atoms with Crippen LogP contribution in [0.25, 0.3) is 0 Å². The second kappa shape index (κ2) is 9.01. The van der Waals surface area contributed by atoms with Crippen LogP contribution in [-0.4, -0.2) is 34.0 Å². The van der Waals surface area contributed by atoms with Gasteiger partial charge in [-0.2, -0.15) is 0 Å². The molecule has 0 spiro atoms. The summed E-state index contributed by atoms with van der Waals surface area (Å²) in [5.41, 5.74) is 3.53. The van der Waals surface area contributed by atoms with Gasteiger partial charge in [0, 0.05) is 24.5 Å². The first-order chi connectivity index (χ1) is 12.8. The maximum Gasteiger partial charge on any atom is 0.241 e. The first kappa shape index (κ1) is 20.9. The minimum Gasteiger partial charge on any atom is -0.372 e. The van der Waals surface area contributed by atoms with Crippen LogP contribution < -0.4 is 14.9 Å². The number of amides is 1. The van der Waals surface area contributed by atoms with E-state index < -0.39 is 15.9 Å². The third kappa shape index (κ3) is 5.55. The minimum absolute atomic E-state index is 0.148. The molecule has 27 heavy (non-hydrogen) atoms. The first-order valence-electron chi connectivity index (χ1n) is 8.98. The monoisotopic (exact) mass is 389 g/mol. The van der Waals surface area contributed by atoms with Crippen LogP contribution in [0.4, 0.5) is 11.4 Å². The van der Waals surface area contributed by atoms with Crippen molar-refractivity contribution in [3.63, 3.8) is 0 Å². The largest absolute Gasteiger partial charge is 0.372 e. The molecule has 0 heterocycles. The normalized spacial score (nSPS) is 11.3. The van der Waals surface area contributed by atoms with Crippen molar-refractivity contribution in [1.82, 2.24) is 4.72 Å². The maximum absolute atomic E-state index is 12.3. The highest BCUT2D eigenvalue weighted by Crippen LogP contribution is 2.22. The van der Waals surface area contributed by atoms with E-state index in [1.165, 1.54) is 6.07 Å². The second-order valence-corrected chi connectivity index (χ2v) is 8.13. The molecule has 0 aromatic heterocycles. The number of aryl methyl sites for hydroxylation is 2. The zero-order valence-electron chi connectivity index (χ0n) is 16.2. The Morgan fingerprint density at radius 1 is 1.04 bits per heavy atom. The molecule has 6 nitrogen and oxygen atoms in total. The Labute approximate surface area is 161 Å². The number of hydrogen-bond acceptors (Lipinski definition) is 4. The molecule has 2 aromatic carbocycles. The Hall–Kier alpha value is -2.38. The summed E-state index contributed by atoms with van der Waals surface area (Å²) in [4.78, 5) is 14.6. The number of carbonyl (C=O) groups is 1. The molecule has 2 rings (SSSR count). The van der Waals surface area contributed by atoms with E-state index in [0.717, 1.165) is 29.9 Å². The summed E-state index contributed by atoms with van der Waals surface area (Å²) in [6.45, 7) is 9.40. The van der Waals surface area contributed by atoms with Crippen LogP contribution in [0.3, 0.4) is 0 Å². The molecule has 2 N–H and O–H groups in total. The number of sulfonamides is 1. The number of anilines is 2. The molecular formula is C20H27N3O3S. The van der Waals surface area contributed by atoms with Gasteiger partial charge in [0.05, 0.1) is 11.4 Å². The Morgan fingerprint density at radius 3 is 2.33 bits per heavy atom. The van der Waals surface area contributed by atoms with Gasteiger partial charge in [0.15, 0.2) is 0 Å². The van der Waals surface area contributed by atoms with E-state index in [4.69, 9.17) is 0 Å². The summed E-state index contributed by atoms with van der Waals surface area (Å²) >= 11 is 0. The molecule has 146 valence electrons. The fraction of sp³-hybridized carbons (Fsp3) is 0.350. The van der Waals surface area contributed by atoms with E-state index in [9.17, 15) is 13.2 Å². The fourth-order valence-electron chi connectivity index (χ4n) is 2.79. The van der Waals surface area contributed by atoms with Crippen molar-refractivity contribution in [1.29, 1.82) is 0 Å². The van der Waals surface area contributed by atoms with Gasteiger partial charge < -0.3 is 10.2 Å². The Morgan fingerprint density at radius 2 is 1.74 bits per heavy atom. The molecule has 0 unspecified atom stereocenters. The van der Waals surface area contributed by atoms with Gasteiger partial charge in [0.25, 0.3) is 0 Å². The number of benzene rings is 2. The van der Waals surface area contributed by atoms with Gasteiger partial charge in [-0.05, 0) is 69.2 Å². The molecule has 0 bridgehead atoms. The van der Waals surface area contributed by atoms with E-state index in [0.29, 0.717) is 5.69 Å². The molecule has 0 atom stereocenters. The van der Waals surface area contributed by atoms with E-state index >= 15 is 0 Å². The Bertz CT molecular complexity index is 906. The number of carbonyl (C=O) groups excluding carboxylic acids is 1. The highest BCUT2D eigenvalue weighted by molar-refractivity contribution is 7.89. The topological polar surface area (TPSA) is 78.5 Å². The maximum atomic E-state index is 12.3. The van der Waals surface area contributed by atoms with Gasteiger partial charge in [0.2, 0.25) is 15.9 Å². The molecule has 7 heteroatoms. The molecule has 2 aromatic rings. The van der Waals surface area contributed by atoms with Crippen LogP contribution in [-0.2, 0) is 14.8 Å². The summed E-state index contributed by atoms with van der Waals surface area (Å²) in [5.74, 6) is -0.412. The van der Waals surface area contributed by atoms with Crippen LogP contribution in [0.2, 0.25) is 0 Å². The zero-order valence-corrected chi connectivity index (χ0v) is 17.1. The van der Waals surface area contributed by atoms with E-state index in [1.54, 1.807) is 12.1 Å². The van der Waals surface area contributed by atoms with Crippen LogP contribution in [0.1, 0.15) is 25.0 Å². The standard InChI is InChI=1S/C20H27N3O3S/c1-5-23(6-2)17-10-11-19(16(4)13-17)22-20(24)14-21-27(25,26)18-9-7-8-15(3)12-18/h7-13,21H,5-6,14H2,1-4H3,(H,22,24). The number of hydrogen-bond donors (Lipinski definition) is 2. The average molecular weight is 390 g/mol. The molecule has 0 aliphatic carbocycles. The second-order valence-electron chi connectivity index (χ2n) is 6.36. The van der Waals surface area contributed by atoms with Crippen molar-refractivity contribution < 1.29 is 13.2 Å². The van der Waals surface area contributed by atoms with Crippen LogP contribution in [0, 0.1) is 13.8 Å². The van der Waals surface area contributed by atoms with Crippen molar-refractivity contribution in [2.75, 3.05) is 29.9 Å². The molecular weight excluding hydrogens is 362 g/mol. The number of rotatable bonds is 8. The van der Waals surface area contributed by atoms with Gasteiger partial charge in [-0.15, -0.1) is 0 Å². The quantitative estimate of drug-likeness (QED) is 0.727. The molecule has 0 fully saturated rings. The van der Waals surface area contributed by atoms with Gasteiger partial charge in [-0.1, -0.05) is 12.1 Å². The highest BCUT2D eigenvalue weighted by Gasteiger charge is 2.16. The zero-order chi connectivity index (χ0) is 20.0. The predicted molar refractivity (Wildman–Crippen MR) is 110 cm³/mol. The van der Waals surface area contributed by atoms with Crippen molar-refractivity contribution in [3.05, 3.63) is 53.6 Å². The third-order valence-electron chi connectivity index (χ3n) is 4.34. The van der Waals surface area contributed by atoms with Gasteiger partial charge >= 0.3 is 0 Å². The average Bonchev–Trinajstić information content (AvgIpc) is 2.63. The SMILES string of the molecule is CCN(CC)c1ccc(NC(=O)CNS(=O)(=O)c2cccc(C)c2)c(C)c1. The molecule has 0 aliphatic rings. The molecule has 0 saturated heterocycles. The molecule has 0 saturated carbocycles. The van der Waals surface area contributed by atoms with Gasteiger partial charge in [-0.3, -0.25) is 4.79 Å². The third-order valence-corrected chi connectivity index (χ3v) is 5.73. The summed E-state index contributed by atoms with van der Waals surface area (Å²) in [7, 11) is -3.72. The lowest BCUT2D eigenvalue weighted by molar-refractivity contribution is -0.115. The smallest absolute Gasteiger partial charge is 0.241 e. The van der Waals surface area contributed by atoms with E-state index in [2.05, 4.69) is 28.8 Å². The van der Waals surface area contributed by atoms with Crippen molar-refractivity contribution >= 4 is 27.3 Å².